The van der Waals surface area contributed by atoms with Gasteiger partial charge in [0.25, 0.3) is 0 Å². The number of unbranched alkanes of at least 4 members (excludes halogenated alkanes) is 1. The highest BCUT2D eigenvalue weighted by molar-refractivity contribution is 7.92. The summed E-state index contributed by atoms with van der Waals surface area (Å²) in [5, 5.41) is 2.93. The summed E-state index contributed by atoms with van der Waals surface area (Å²) in [6, 6.07) is 12.5. The van der Waals surface area contributed by atoms with Gasteiger partial charge in [-0.1, -0.05) is 67.8 Å². The summed E-state index contributed by atoms with van der Waals surface area (Å²) in [4.78, 5) is 28.3. The van der Waals surface area contributed by atoms with Gasteiger partial charge in [0.05, 0.1) is 11.9 Å². The van der Waals surface area contributed by atoms with E-state index in [1.807, 2.05) is 71.0 Å². The Morgan fingerprint density at radius 3 is 2.26 bits per heavy atom. The maximum absolute atomic E-state index is 13.7. The first-order valence-corrected chi connectivity index (χ1v) is 14.0. The second-order valence-corrected chi connectivity index (χ2v) is 11.0. The van der Waals surface area contributed by atoms with Crippen molar-refractivity contribution >= 4 is 27.5 Å². The van der Waals surface area contributed by atoms with Crippen molar-refractivity contribution in [1.29, 1.82) is 0 Å². The van der Waals surface area contributed by atoms with Gasteiger partial charge in [-0.15, -0.1) is 0 Å². The number of carbonyl (C=O) groups excluding carboxylic acids is 2. The van der Waals surface area contributed by atoms with Crippen molar-refractivity contribution in [3.05, 3.63) is 64.7 Å². The molecule has 0 saturated carbocycles. The van der Waals surface area contributed by atoms with Crippen LogP contribution in [0.25, 0.3) is 0 Å². The van der Waals surface area contributed by atoms with E-state index in [4.69, 9.17) is 0 Å². The summed E-state index contributed by atoms with van der Waals surface area (Å²) in [6.45, 7) is 10.00. The molecule has 2 aromatic carbocycles. The van der Waals surface area contributed by atoms with Gasteiger partial charge < -0.3 is 10.2 Å². The molecule has 1 atom stereocenters. The summed E-state index contributed by atoms with van der Waals surface area (Å²) < 4.78 is 26.6. The molecule has 0 fully saturated rings. The zero-order valence-corrected chi connectivity index (χ0v) is 22.6. The van der Waals surface area contributed by atoms with E-state index in [9.17, 15) is 18.0 Å². The maximum atomic E-state index is 13.7. The molecule has 7 nitrogen and oxygen atoms in total. The summed E-state index contributed by atoms with van der Waals surface area (Å²) in [5.74, 6) is -0.645. The largest absolute Gasteiger partial charge is 0.354 e. The molecule has 2 rings (SSSR count). The molecule has 2 aromatic rings. The van der Waals surface area contributed by atoms with Crippen LogP contribution in [-0.4, -0.2) is 50.5 Å². The van der Waals surface area contributed by atoms with Gasteiger partial charge in [-0.05, 0) is 50.8 Å². The molecule has 1 N–H and O–H groups in total. The monoisotopic (exact) mass is 501 g/mol. The number of anilines is 1. The minimum absolute atomic E-state index is 0.213. The highest BCUT2D eigenvalue weighted by atomic mass is 32.2. The van der Waals surface area contributed by atoms with Gasteiger partial charge in [0, 0.05) is 13.1 Å². The Bertz CT molecular complexity index is 1130. The highest BCUT2D eigenvalue weighted by Crippen LogP contribution is 2.24. The van der Waals surface area contributed by atoms with Gasteiger partial charge in [0.2, 0.25) is 21.8 Å². The highest BCUT2D eigenvalue weighted by Gasteiger charge is 2.32. The molecule has 0 aliphatic heterocycles. The molecule has 0 saturated heterocycles. The number of carbonyl (C=O) groups is 2. The molecule has 0 heterocycles. The first kappa shape index (κ1) is 28.4. The van der Waals surface area contributed by atoms with Crippen molar-refractivity contribution in [3.8, 4) is 0 Å². The lowest BCUT2D eigenvalue weighted by Gasteiger charge is -2.33. The van der Waals surface area contributed by atoms with Crippen molar-refractivity contribution in [3.63, 3.8) is 0 Å². The molecular formula is C27H39N3O4S. The van der Waals surface area contributed by atoms with Crippen LogP contribution in [-0.2, 0) is 26.2 Å². The van der Waals surface area contributed by atoms with Crippen molar-refractivity contribution in [2.45, 2.75) is 66.5 Å². The van der Waals surface area contributed by atoms with Gasteiger partial charge >= 0.3 is 0 Å². The minimum atomic E-state index is -3.75. The lowest BCUT2D eigenvalue weighted by molar-refractivity contribution is -0.140. The first-order chi connectivity index (χ1) is 16.5. The molecule has 0 radical (unpaired) electrons. The second kappa shape index (κ2) is 12.7. The molecule has 35 heavy (non-hydrogen) atoms. The number of amides is 2. The summed E-state index contributed by atoms with van der Waals surface area (Å²) in [5.41, 5.74) is 4.15. The lowest BCUT2D eigenvalue weighted by atomic mass is 10.1. The van der Waals surface area contributed by atoms with E-state index >= 15 is 0 Å². The average molecular weight is 502 g/mol. The van der Waals surface area contributed by atoms with Crippen LogP contribution in [0.3, 0.4) is 0 Å². The Morgan fingerprint density at radius 2 is 1.69 bits per heavy atom. The lowest BCUT2D eigenvalue weighted by Crippen LogP contribution is -2.52. The molecule has 8 heteroatoms. The van der Waals surface area contributed by atoms with Crippen molar-refractivity contribution < 1.29 is 18.0 Å². The molecule has 1 unspecified atom stereocenters. The summed E-state index contributed by atoms with van der Waals surface area (Å²) in [6.07, 6.45) is 3.31. The van der Waals surface area contributed by atoms with Crippen LogP contribution in [0.15, 0.2) is 42.5 Å². The Labute approximate surface area is 210 Å². The first-order valence-electron chi connectivity index (χ1n) is 12.2. The average Bonchev–Trinajstić information content (AvgIpc) is 2.77. The van der Waals surface area contributed by atoms with E-state index in [0.29, 0.717) is 18.7 Å². The molecule has 0 spiro atoms. The number of hydrogen-bond acceptors (Lipinski definition) is 4. The minimum Gasteiger partial charge on any atom is -0.354 e. The van der Waals surface area contributed by atoms with Gasteiger partial charge in [-0.25, -0.2) is 8.42 Å². The fourth-order valence-corrected chi connectivity index (χ4v) is 5.02. The van der Waals surface area contributed by atoms with E-state index in [1.54, 1.807) is 6.07 Å². The summed E-state index contributed by atoms with van der Waals surface area (Å²) in [7, 11) is -3.75. The van der Waals surface area contributed by atoms with Crippen LogP contribution >= 0.6 is 0 Å². The molecule has 0 aliphatic carbocycles. The fourth-order valence-electron chi connectivity index (χ4n) is 4.11. The van der Waals surface area contributed by atoms with Gasteiger partial charge in [0.15, 0.2) is 0 Å². The van der Waals surface area contributed by atoms with Crippen molar-refractivity contribution in [2.24, 2.45) is 0 Å². The smallest absolute Gasteiger partial charge is 0.244 e. The van der Waals surface area contributed by atoms with Crippen LogP contribution in [0.2, 0.25) is 0 Å². The third-order valence-electron chi connectivity index (χ3n) is 5.95. The predicted octanol–water partition coefficient (Wildman–Crippen LogP) is 4.10. The van der Waals surface area contributed by atoms with Crippen molar-refractivity contribution in [2.75, 3.05) is 23.7 Å². The molecule has 0 aromatic heterocycles. The molecular weight excluding hydrogens is 462 g/mol. The maximum Gasteiger partial charge on any atom is 0.244 e. The van der Waals surface area contributed by atoms with Crippen LogP contribution in [0, 0.1) is 20.8 Å². The summed E-state index contributed by atoms with van der Waals surface area (Å²) >= 11 is 0. The van der Waals surface area contributed by atoms with E-state index < -0.39 is 22.0 Å². The van der Waals surface area contributed by atoms with Crippen molar-refractivity contribution in [1.82, 2.24) is 10.2 Å². The van der Waals surface area contributed by atoms with E-state index in [0.717, 1.165) is 45.7 Å². The third kappa shape index (κ3) is 8.09. The molecule has 2 amide bonds. The standard InChI is InChI=1S/C27H39N3O4S/c1-7-9-15-28-27(32)24(8-2)29(18-23-12-10-11-20(3)17-23)26(31)19-30(35(6,33)34)25-14-13-21(4)16-22(25)5/h10-14,16-17,24H,7-9,15,18-19H2,1-6H3,(H,28,32). The van der Waals surface area contributed by atoms with Crippen LogP contribution in [0.1, 0.15) is 55.4 Å². The third-order valence-corrected chi connectivity index (χ3v) is 7.08. The van der Waals surface area contributed by atoms with E-state index in [-0.39, 0.29) is 19.0 Å². The number of hydrogen-bond donors (Lipinski definition) is 1. The fraction of sp³-hybridized carbons (Fsp3) is 0.481. The van der Waals surface area contributed by atoms with Crippen LogP contribution in [0.5, 0.6) is 0 Å². The predicted molar refractivity (Wildman–Crippen MR) is 142 cm³/mol. The van der Waals surface area contributed by atoms with Gasteiger partial charge in [-0.2, -0.15) is 0 Å². The van der Waals surface area contributed by atoms with E-state index in [1.165, 1.54) is 4.90 Å². The molecule has 0 bridgehead atoms. The SMILES string of the molecule is CCCCNC(=O)C(CC)N(Cc1cccc(C)c1)C(=O)CN(c1ccc(C)cc1C)S(C)(=O)=O. The second-order valence-electron chi connectivity index (χ2n) is 9.14. The zero-order chi connectivity index (χ0) is 26.2. The number of nitrogens with one attached hydrogen (secondary N) is 1. The number of rotatable bonds is 12. The number of aryl methyl sites for hydroxylation is 3. The van der Waals surface area contributed by atoms with Crippen LogP contribution < -0.4 is 9.62 Å². The zero-order valence-electron chi connectivity index (χ0n) is 21.8. The quantitative estimate of drug-likeness (QED) is 0.444. The number of nitrogens with zero attached hydrogens (tertiary/aromatic N) is 2. The topological polar surface area (TPSA) is 86.8 Å². The number of sulfonamides is 1. The van der Waals surface area contributed by atoms with Crippen LogP contribution in [0.4, 0.5) is 5.69 Å². The Kier molecular flexibility index (Phi) is 10.3. The normalized spacial score (nSPS) is 12.2. The van der Waals surface area contributed by atoms with E-state index in [2.05, 4.69) is 5.32 Å². The van der Waals surface area contributed by atoms with Gasteiger partial charge in [-0.3, -0.25) is 13.9 Å². The molecule has 192 valence electrons. The number of benzene rings is 2. The Morgan fingerprint density at radius 1 is 1.00 bits per heavy atom. The Hall–Kier alpha value is -2.87. The van der Waals surface area contributed by atoms with Gasteiger partial charge in [0.1, 0.15) is 12.6 Å². The Balaban J connectivity index is 2.43. The molecule has 0 aliphatic rings.